The van der Waals surface area contributed by atoms with Gasteiger partial charge in [-0.05, 0) is 236 Å². The van der Waals surface area contributed by atoms with E-state index in [1.807, 2.05) is 18.2 Å². The van der Waals surface area contributed by atoms with Gasteiger partial charge in [-0.25, -0.2) is 38.7 Å². The van der Waals surface area contributed by atoms with Crippen LogP contribution in [-0.2, 0) is 52.6 Å². The Balaban J connectivity index is 0.000000160. The first-order chi connectivity index (χ1) is 60.7. The first-order valence-corrected chi connectivity index (χ1v) is 46.0. The summed E-state index contributed by atoms with van der Waals surface area (Å²) in [5.74, 6) is 1.76. The van der Waals surface area contributed by atoms with Crippen molar-refractivity contribution in [3.05, 3.63) is 316 Å². The molecule has 14 heteroatoms. The van der Waals surface area contributed by atoms with Crippen LogP contribution in [0.2, 0.25) is 5.02 Å². The van der Waals surface area contributed by atoms with Crippen molar-refractivity contribution in [2.45, 2.75) is 248 Å². The van der Waals surface area contributed by atoms with Gasteiger partial charge >= 0.3 is 7.12 Å². The molecular weight excluding hydrogens is 1620 g/mol. The predicted octanol–water partition coefficient (Wildman–Crippen LogP) is 30.9. The number of fused-ring (bicyclic) bond motifs is 6. The van der Waals surface area contributed by atoms with Gasteiger partial charge in [-0.2, -0.15) is 0 Å². The smallest absolute Gasteiger partial charge is 0.399 e. The Morgan fingerprint density at radius 1 is 0.262 bits per heavy atom. The summed E-state index contributed by atoms with van der Waals surface area (Å²) in [6, 6.07) is 87.2. The molecule has 0 spiro atoms. The molecule has 0 radical (unpaired) electrons. The normalized spacial score (nSPS) is 14.0. The van der Waals surface area contributed by atoms with Gasteiger partial charge in [-0.1, -0.05) is 317 Å². The summed E-state index contributed by atoms with van der Waals surface area (Å²) in [5, 5.41) is 5.29. The lowest BCUT2D eigenvalue weighted by atomic mass is 9.77. The van der Waals surface area contributed by atoms with Crippen LogP contribution in [0.15, 0.2) is 255 Å². The van der Waals surface area contributed by atoms with E-state index in [2.05, 4.69) is 415 Å². The molecule has 0 N–H and O–H groups in total. The fourth-order valence-corrected chi connectivity index (χ4v) is 16.8. The standard InChI is InChI=1S/C55H57FN4.C37H45ClFN3.C24H24BNO2/c1-52(2,3)37-27-35(28-38(32-37)53(4,5)6)49-57-50(36-29-39(54(7,8)9)33-40(30-36)55(10,11)12)59-51(58-49)44-31-34(25-26-45(44)56)41-19-13-16-22-46(41)60-47-23-17-14-20-42(47)43-21-15-18-24-48(43)60;1-34(2,3)24-15-22(16-25(19-24)35(4,5)6)31-40-32(42-33(41-31)29-21-28(38)13-14-30(29)39)23-17-26(36(7,8)9)20-27(18-23)37(10,11)12;1-23(2)24(3,4)28-25(27-23)19-13-7-10-16-22(19)26-20-14-8-5-11-17(20)18-12-6-9-15-21(18)26/h13-33H,1-12H3;13-21H,1-12H3;5-16H,1-4H3. The van der Waals surface area contributed by atoms with E-state index >= 15 is 8.78 Å². The third kappa shape index (κ3) is 19.3. The van der Waals surface area contributed by atoms with Gasteiger partial charge < -0.3 is 18.4 Å². The van der Waals surface area contributed by atoms with Gasteiger partial charge in [0.25, 0.3) is 0 Å². The zero-order valence-corrected chi connectivity index (χ0v) is 82.1. The minimum atomic E-state index is -0.430. The highest BCUT2D eigenvalue weighted by Gasteiger charge is 2.52. The number of hydrogen-bond donors (Lipinski definition) is 0. The lowest BCUT2D eigenvalue weighted by molar-refractivity contribution is 0.00578. The highest BCUT2D eigenvalue weighted by atomic mass is 35.5. The van der Waals surface area contributed by atoms with E-state index in [0.717, 1.165) is 61.3 Å². The van der Waals surface area contributed by atoms with Crippen molar-refractivity contribution in [3.8, 4) is 90.8 Å². The van der Waals surface area contributed by atoms with E-state index in [1.54, 1.807) is 12.1 Å². The minimum Gasteiger partial charge on any atom is -0.399 e. The molecular formula is C116H126BClF2N8O2. The van der Waals surface area contributed by atoms with E-state index in [1.165, 1.54) is 89.2 Å². The van der Waals surface area contributed by atoms with Crippen molar-refractivity contribution in [1.29, 1.82) is 0 Å². The molecule has 1 aliphatic heterocycles. The second kappa shape index (κ2) is 34.3. The summed E-state index contributed by atoms with van der Waals surface area (Å²) >= 11 is 6.33. The van der Waals surface area contributed by atoms with Gasteiger partial charge in [-0.15, -0.1) is 0 Å². The average molecular weight is 1750 g/mol. The van der Waals surface area contributed by atoms with E-state index in [9.17, 15) is 0 Å². The van der Waals surface area contributed by atoms with Gasteiger partial charge in [0.15, 0.2) is 34.9 Å². The number of aromatic nitrogens is 8. The van der Waals surface area contributed by atoms with Gasteiger partial charge in [0.1, 0.15) is 11.6 Å². The van der Waals surface area contributed by atoms with Crippen molar-refractivity contribution in [3.63, 3.8) is 0 Å². The molecule has 0 saturated carbocycles. The van der Waals surface area contributed by atoms with Crippen LogP contribution in [-0.4, -0.2) is 57.4 Å². The summed E-state index contributed by atoms with van der Waals surface area (Å²) in [4.78, 5) is 30.4. The second-order valence-corrected chi connectivity index (χ2v) is 45.0. The summed E-state index contributed by atoms with van der Waals surface area (Å²) in [7, 11) is -0.402. The number of halogens is 3. The largest absolute Gasteiger partial charge is 0.496 e. The minimum absolute atomic E-state index is 0.0869. The molecule has 0 aliphatic carbocycles. The number of benzene rings is 12. The monoisotopic (exact) mass is 1750 g/mol. The highest BCUT2D eigenvalue weighted by Crippen LogP contribution is 2.45. The number of nitrogens with zero attached hydrogens (tertiary/aromatic N) is 8. The van der Waals surface area contributed by atoms with Crippen molar-refractivity contribution in [2.75, 3.05) is 0 Å². The van der Waals surface area contributed by atoms with Crippen LogP contribution in [0.3, 0.4) is 0 Å². The Morgan fingerprint density at radius 3 is 0.831 bits per heavy atom. The Kier molecular flexibility index (Phi) is 24.5. The summed E-state index contributed by atoms with van der Waals surface area (Å²) in [6.45, 7) is 61.6. The summed E-state index contributed by atoms with van der Waals surface area (Å²) < 4.78 is 49.2. The first kappa shape index (κ1) is 93.1. The molecule has 17 rings (SSSR count). The zero-order chi connectivity index (χ0) is 93.9. The van der Waals surface area contributed by atoms with Crippen LogP contribution in [0.5, 0.6) is 0 Å². The molecule has 1 fully saturated rings. The summed E-state index contributed by atoms with van der Waals surface area (Å²) in [6.07, 6.45) is 0. The first-order valence-electron chi connectivity index (χ1n) is 45.6. The molecule has 5 heterocycles. The Hall–Kier alpha value is -11.6. The molecule has 0 atom stereocenters. The quantitative estimate of drug-likeness (QED) is 0.125. The van der Waals surface area contributed by atoms with Gasteiger partial charge in [0, 0.05) is 65.5 Å². The Morgan fingerprint density at radius 2 is 0.515 bits per heavy atom. The number of rotatable bonds is 10. The number of hydrogen-bond acceptors (Lipinski definition) is 8. The summed E-state index contributed by atoms with van der Waals surface area (Å²) in [5.41, 5.74) is 21.6. The van der Waals surface area contributed by atoms with Crippen LogP contribution in [0, 0.1) is 11.6 Å². The maximum Gasteiger partial charge on any atom is 0.496 e. The maximum atomic E-state index is 16.6. The van der Waals surface area contributed by atoms with Crippen molar-refractivity contribution < 1.29 is 18.1 Å². The SMILES string of the molecule is CC(C)(C)c1cc(-c2nc(-c3cc(C(C)(C)C)cc(C(C)(C)C)c3)nc(-c3cc(-c4ccccc4-n4c5ccccc5c5ccccc54)ccc3F)n2)cc(C(C)(C)C)c1.CC(C)(C)c1cc(-c2nc(-c3cc(C(C)(C)C)cc(C(C)(C)C)c3)nc(-c3cc(Cl)ccc3F)n2)cc(C(C)(C)C)c1.CC1(C)OB(c2ccccc2-n2c3ccccc3c3ccccc32)OC1(C)C. The molecule has 4 aromatic heterocycles. The van der Waals surface area contributed by atoms with Crippen molar-refractivity contribution in [1.82, 2.24) is 39.0 Å². The lowest BCUT2D eigenvalue weighted by Gasteiger charge is -2.32. The average Bonchev–Trinajstić information content (AvgIpc) is 1.57. The molecule has 0 unspecified atom stereocenters. The van der Waals surface area contributed by atoms with Crippen LogP contribution in [0.4, 0.5) is 8.78 Å². The third-order valence-electron chi connectivity index (χ3n) is 25.6. The van der Waals surface area contributed by atoms with Gasteiger partial charge in [-0.3, -0.25) is 0 Å². The predicted molar refractivity (Wildman–Crippen MR) is 543 cm³/mol. The third-order valence-corrected chi connectivity index (χ3v) is 25.9. The Labute approximate surface area is 775 Å². The van der Waals surface area contributed by atoms with Crippen LogP contribution >= 0.6 is 11.6 Å². The molecule has 0 bridgehead atoms. The zero-order valence-electron chi connectivity index (χ0n) is 81.4. The molecule has 12 aromatic carbocycles. The van der Waals surface area contributed by atoms with Crippen LogP contribution in [0.1, 0.15) is 238 Å². The van der Waals surface area contributed by atoms with E-state index < -0.39 is 18.8 Å². The fraction of sp³-hybridized carbons (Fsp3) is 0.328. The molecule has 1 saturated heterocycles. The van der Waals surface area contributed by atoms with E-state index in [4.69, 9.17) is 50.8 Å². The molecule has 666 valence electrons. The van der Waals surface area contributed by atoms with Gasteiger partial charge in [0.2, 0.25) is 0 Å². The van der Waals surface area contributed by atoms with Gasteiger partial charge in [0.05, 0.1) is 50.1 Å². The Bertz CT molecular complexity index is 6580. The van der Waals surface area contributed by atoms with E-state index in [0.29, 0.717) is 39.7 Å². The maximum absolute atomic E-state index is 16.6. The van der Waals surface area contributed by atoms with E-state index in [-0.39, 0.29) is 65.9 Å². The second-order valence-electron chi connectivity index (χ2n) is 44.5. The molecule has 130 heavy (non-hydrogen) atoms. The fourth-order valence-electron chi connectivity index (χ4n) is 16.7. The molecule has 1 aliphatic rings. The highest BCUT2D eigenvalue weighted by molar-refractivity contribution is 6.63. The molecule has 0 amide bonds. The topological polar surface area (TPSA) is 106 Å². The molecule has 16 aromatic rings. The van der Waals surface area contributed by atoms with Crippen molar-refractivity contribution >= 4 is 67.8 Å². The molecule has 10 nitrogen and oxygen atoms in total. The number of para-hydroxylation sites is 6. The van der Waals surface area contributed by atoms with Crippen molar-refractivity contribution in [2.24, 2.45) is 0 Å². The van der Waals surface area contributed by atoms with Crippen LogP contribution in [0.25, 0.3) is 134 Å². The van der Waals surface area contributed by atoms with Crippen LogP contribution < -0.4 is 5.46 Å². The lowest BCUT2D eigenvalue weighted by Crippen LogP contribution is -2.41.